The molecule has 0 saturated carbocycles. The van der Waals surface area contributed by atoms with Crippen LogP contribution < -0.4 is 4.90 Å². The summed E-state index contributed by atoms with van der Waals surface area (Å²) < 4.78 is 0. The monoisotopic (exact) mass is 376 g/mol. The van der Waals surface area contributed by atoms with Gasteiger partial charge >= 0.3 is 0 Å². The number of hydrogen-bond donors (Lipinski definition) is 1. The molecule has 142 valence electrons. The van der Waals surface area contributed by atoms with Gasteiger partial charge in [0.1, 0.15) is 5.82 Å². The van der Waals surface area contributed by atoms with Gasteiger partial charge in [0.15, 0.2) is 0 Å². The number of H-pyrrole nitrogens is 1. The molecule has 0 bridgehead atoms. The third-order valence-electron chi connectivity index (χ3n) is 4.98. The fraction of sp³-hybridized carbons (Fsp3) is 0.238. The van der Waals surface area contributed by atoms with Gasteiger partial charge in [0.2, 0.25) is 0 Å². The lowest BCUT2D eigenvalue weighted by molar-refractivity contribution is -0.384. The summed E-state index contributed by atoms with van der Waals surface area (Å²) in [7, 11) is 0. The molecule has 1 unspecified atom stereocenters. The average molecular weight is 376 g/mol. The van der Waals surface area contributed by atoms with Gasteiger partial charge < -0.3 is 4.98 Å². The number of anilines is 1. The van der Waals surface area contributed by atoms with Gasteiger partial charge in [-0.05, 0) is 24.1 Å². The fourth-order valence-corrected chi connectivity index (χ4v) is 3.69. The first kappa shape index (κ1) is 17.9. The smallest absolute Gasteiger partial charge is 0.270 e. The van der Waals surface area contributed by atoms with E-state index in [1.54, 1.807) is 11.0 Å². The van der Waals surface area contributed by atoms with Gasteiger partial charge in [-0.3, -0.25) is 19.8 Å². The molecule has 7 heteroatoms. The third kappa shape index (κ3) is 3.15. The Bertz CT molecular complexity index is 1040. The number of aryl methyl sites for hydroxylation is 1. The van der Waals surface area contributed by atoms with Crippen LogP contribution in [0.15, 0.2) is 54.7 Å². The molecule has 3 aromatic rings. The van der Waals surface area contributed by atoms with Crippen molar-refractivity contribution in [2.24, 2.45) is 0 Å². The Morgan fingerprint density at radius 1 is 1.29 bits per heavy atom. The summed E-state index contributed by atoms with van der Waals surface area (Å²) in [6.07, 6.45) is 4.36. The van der Waals surface area contributed by atoms with Crippen LogP contribution in [0.2, 0.25) is 0 Å². The van der Waals surface area contributed by atoms with Crippen LogP contribution >= 0.6 is 0 Å². The molecule has 0 spiro atoms. The zero-order chi connectivity index (χ0) is 19.7. The van der Waals surface area contributed by atoms with Crippen molar-refractivity contribution in [2.45, 2.75) is 32.2 Å². The average Bonchev–Trinajstić information content (AvgIpc) is 3.32. The quantitative estimate of drug-likeness (QED) is 0.533. The van der Waals surface area contributed by atoms with Crippen molar-refractivity contribution in [3.8, 4) is 0 Å². The largest absolute Gasteiger partial charge is 0.344 e. The Morgan fingerprint density at radius 3 is 2.89 bits per heavy atom. The number of rotatable bonds is 5. The molecule has 1 aliphatic rings. The van der Waals surface area contributed by atoms with Crippen LogP contribution in [0.5, 0.6) is 0 Å². The van der Waals surface area contributed by atoms with Crippen molar-refractivity contribution in [1.82, 2.24) is 9.97 Å². The first-order valence-corrected chi connectivity index (χ1v) is 9.28. The van der Waals surface area contributed by atoms with Crippen LogP contribution in [0, 0.1) is 10.1 Å². The molecule has 0 radical (unpaired) electrons. The Hall–Kier alpha value is -3.48. The van der Waals surface area contributed by atoms with Crippen LogP contribution in [-0.4, -0.2) is 20.8 Å². The number of hydrogen-bond acceptors (Lipinski definition) is 4. The number of carbonyl (C=O) groups excluding carboxylic acids is 1. The molecule has 7 nitrogen and oxygen atoms in total. The lowest BCUT2D eigenvalue weighted by atomic mass is 10.1. The molecular weight excluding hydrogens is 356 g/mol. The van der Waals surface area contributed by atoms with E-state index in [9.17, 15) is 14.9 Å². The maximum atomic E-state index is 13.4. The summed E-state index contributed by atoms with van der Waals surface area (Å²) in [4.78, 5) is 33.5. The highest BCUT2D eigenvalue weighted by Crippen LogP contribution is 2.40. The van der Waals surface area contributed by atoms with Gasteiger partial charge in [-0.15, -0.1) is 0 Å². The second-order valence-electron chi connectivity index (χ2n) is 6.87. The number of amides is 1. The van der Waals surface area contributed by atoms with Gasteiger partial charge in [0, 0.05) is 41.7 Å². The molecule has 1 aliphatic heterocycles. The highest BCUT2D eigenvalue weighted by Gasteiger charge is 2.37. The number of benzene rings is 2. The predicted molar refractivity (Wildman–Crippen MR) is 105 cm³/mol. The van der Waals surface area contributed by atoms with Crippen LogP contribution in [0.3, 0.4) is 0 Å². The minimum Gasteiger partial charge on any atom is -0.344 e. The molecule has 1 amide bonds. The Balaban J connectivity index is 1.74. The summed E-state index contributed by atoms with van der Waals surface area (Å²) in [6.45, 7) is 2.10. The van der Waals surface area contributed by atoms with Crippen molar-refractivity contribution in [3.05, 3.63) is 87.5 Å². The van der Waals surface area contributed by atoms with E-state index in [-0.39, 0.29) is 23.2 Å². The van der Waals surface area contributed by atoms with E-state index in [0.29, 0.717) is 6.42 Å². The minimum absolute atomic E-state index is 0.0990. The van der Waals surface area contributed by atoms with E-state index in [4.69, 9.17) is 0 Å². The molecule has 1 N–H and O–H groups in total. The Kier molecular flexibility index (Phi) is 4.65. The number of fused-ring (bicyclic) bond motifs is 1. The van der Waals surface area contributed by atoms with E-state index in [1.165, 1.54) is 18.2 Å². The number of carbonyl (C=O) groups is 1. The lowest BCUT2D eigenvalue weighted by Crippen LogP contribution is -2.32. The molecular formula is C21H20N4O3. The zero-order valence-electron chi connectivity index (χ0n) is 15.5. The highest BCUT2D eigenvalue weighted by atomic mass is 16.6. The van der Waals surface area contributed by atoms with Crippen molar-refractivity contribution in [1.29, 1.82) is 0 Å². The first-order valence-electron chi connectivity index (χ1n) is 9.28. The van der Waals surface area contributed by atoms with Gasteiger partial charge in [-0.25, -0.2) is 4.98 Å². The van der Waals surface area contributed by atoms with Gasteiger partial charge in [-0.2, -0.15) is 0 Å². The number of aromatic nitrogens is 2. The molecule has 0 aliphatic carbocycles. The molecule has 0 fully saturated rings. The lowest BCUT2D eigenvalue weighted by Gasteiger charge is -2.24. The van der Waals surface area contributed by atoms with Gasteiger partial charge in [-0.1, -0.05) is 37.6 Å². The second-order valence-corrected chi connectivity index (χ2v) is 6.87. The maximum Gasteiger partial charge on any atom is 0.270 e. The fourth-order valence-electron chi connectivity index (χ4n) is 3.69. The zero-order valence-corrected chi connectivity index (χ0v) is 15.5. The van der Waals surface area contributed by atoms with Crippen LogP contribution in [0.25, 0.3) is 0 Å². The standard InChI is InChI=1S/C21H20N4O3/c1-2-6-16-13-22-20(23-16)19-12-14-7-3-4-10-18(14)24(19)21(26)15-8-5-9-17(11-15)25(27)28/h3-5,7-11,13,19H,2,6,12H2,1H3,(H,22,23). The number of nitro groups is 1. The van der Waals surface area contributed by atoms with E-state index in [1.807, 2.05) is 30.5 Å². The number of non-ortho nitro benzene ring substituents is 1. The summed E-state index contributed by atoms with van der Waals surface area (Å²) in [5.41, 5.74) is 3.10. The molecule has 0 saturated heterocycles. The summed E-state index contributed by atoms with van der Waals surface area (Å²) in [5, 5.41) is 11.1. The molecule has 28 heavy (non-hydrogen) atoms. The number of aromatic amines is 1. The second kappa shape index (κ2) is 7.26. The van der Waals surface area contributed by atoms with E-state index in [2.05, 4.69) is 16.9 Å². The minimum atomic E-state index is -0.490. The number of para-hydroxylation sites is 1. The number of nitrogens with zero attached hydrogens (tertiary/aromatic N) is 3. The van der Waals surface area contributed by atoms with Crippen LogP contribution in [0.4, 0.5) is 11.4 Å². The Labute approximate surface area is 162 Å². The van der Waals surface area contributed by atoms with Gasteiger partial charge in [0.25, 0.3) is 11.6 Å². The first-order chi connectivity index (χ1) is 13.6. The van der Waals surface area contributed by atoms with E-state index >= 15 is 0 Å². The number of nitrogens with one attached hydrogen (secondary N) is 1. The summed E-state index contributed by atoms with van der Waals surface area (Å²) in [5.74, 6) is 0.463. The van der Waals surface area contributed by atoms with Crippen molar-refractivity contribution >= 4 is 17.3 Å². The molecule has 2 aromatic carbocycles. The summed E-state index contributed by atoms with van der Waals surface area (Å²) in [6, 6.07) is 13.3. The van der Waals surface area contributed by atoms with Crippen LogP contribution in [-0.2, 0) is 12.8 Å². The topological polar surface area (TPSA) is 92.1 Å². The van der Waals surface area contributed by atoms with Crippen molar-refractivity contribution < 1.29 is 9.72 Å². The van der Waals surface area contributed by atoms with Crippen LogP contribution in [0.1, 0.15) is 46.8 Å². The van der Waals surface area contributed by atoms with Crippen molar-refractivity contribution in [3.63, 3.8) is 0 Å². The summed E-state index contributed by atoms with van der Waals surface area (Å²) >= 11 is 0. The van der Waals surface area contributed by atoms with Gasteiger partial charge in [0.05, 0.1) is 11.0 Å². The maximum absolute atomic E-state index is 13.4. The molecule has 2 heterocycles. The predicted octanol–water partition coefficient (Wildman–Crippen LogP) is 4.21. The number of imidazole rings is 1. The van der Waals surface area contributed by atoms with Crippen molar-refractivity contribution in [2.75, 3.05) is 4.90 Å². The van der Waals surface area contributed by atoms with E-state index in [0.717, 1.165) is 35.6 Å². The third-order valence-corrected chi connectivity index (χ3v) is 4.98. The number of nitro benzene ring substituents is 1. The highest BCUT2D eigenvalue weighted by molar-refractivity contribution is 6.08. The normalized spacial score (nSPS) is 15.5. The van der Waals surface area contributed by atoms with E-state index < -0.39 is 4.92 Å². The molecule has 4 rings (SSSR count). The molecule has 1 atom stereocenters. The molecule has 1 aromatic heterocycles. The Morgan fingerprint density at radius 2 is 2.11 bits per heavy atom. The SMILES string of the molecule is CCCc1cnc(C2Cc3ccccc3N2C(=O)c2cccc([N+](=O)[O-])c2)[nH]1.